The maximum absolute atomic E-state index is 12.8. The van der Waals surface area contributed by atoms with Gasteiger partial charge < -0.3 is 4.90 Å². The molecule has 0 saturated carbocycles. The molecule has 126 valence electrons. The van der Waals surface area contributed by atoms with E-state index in [4.69, 9.17) is 0 Å². The third-order valence-corrected chi connectivity index (χ3v) is 4.47. The van der Waals surface area contributed by atoms with Crippen LogP contribution in [-0.2, 0) is 0 Å². The number of hydrogen-bond donors (Lipinski definition) is 0. The number of benzene rings is 2. The molecule has 1 aromatic heterocycles. The second-order valence-corrected chi connectivity index (χ2v) is 6.23. The van der Waals surface area contributed by atoms with Crippen LogP contribution >= 0.6 is 0 Å². The average Bonchev–Trinajstić information content (AvgIpc) is 3.15. The average molecular weight is 332 g/mol. The predicted molar refractivity (Wildman–Crippen MR) is 96.5 cm³/mol. The number of carbonyl (C=O) groups excluding carboxylic acids is 1. The fourth-order valence-electron chi connectivity index (χ4n) is 3.16. The molecule has 3 aromatic rings. The molecule has 1 saturated heterocycles. The minimum atomic E-state index is -0.0773. The van der Waals surface area contributed by atoms with Crippen molar-refractivity contribution >= 4 is 5.91 Å². The highest BCUT2D eigenvalue weighted by molar-refractivity contribution is 5.91. The maximum Gasteiger partial charge on any atom is 0.293 e. The van der Waals surface area contributed by atoms with E-state index in [0.29, 0.717) is 5.82 Å². The van der Waals surface area contributed by atoms with E-state index >= 15 is 0 Å². The number of aromatic nitrogens is 3. The second kappa shape index (κ2) is 6.89. The highest BCUT2D eigenvalue weighted by atomic mass is 16.2. The number of likely N-dealkylation sites (tertiary alicyclic amines) is 1. The quantitative estimate of drug-likeness (QED) is 0.737. The van der Waals surface area contributed by atoms with Gasteiger partial charge in [0.2, 0.25) is 5.82 Å². The Kier molecular flexibility index (Phi) is 4.29. The van der Waals surface area contributed by atoms with Gasteiger partial charge in [0.05, 0.1) is 5.69 Å². The van der Waals surface area contributed by atoms with Crippen LogP contribution in [0.15, 0.2) is 60.7 Å². The monoisotopic (exact) mass is 332 g/mol. The van der Waals surface area contributed by atoms with Crippen LogP contribution in [0, 0.1) is 0 Å². The summed E-state index contributed by atoms with van der Waals surface area (Å²) in [4.78, 5) is 19.3. The van der Waals surface area contributed by atoms with Crippen molar-refractivity contribution in [2.24, 2.45) is 0 Å². The number of nitrogens with zero attached hydrogens (tertiary/aromatic N) is 4. The molecule has 5 heteroatoms. The molecule has 25 heavy (non-hydrogen) atoms. The highest BCUT2D eigenvalue weighted by Gasteiger charge is 2.24. The molecule has 0 bridgehead atoms. The Hall–Kier alpha value is -2.95. The summed E-state index contributed by atoms with van der Waals surface area (Å²) in [6, 6.07) is 19.7. The van der Waals surface area contributed by atoms with Crippen molar-refractivity contribution in [1.29, 1.82) is 0 Å². The summed E-state index contributed by atoms with van der Waals surface area (Å²) in [6.45, 7) is 1.58. The molecule has 0 radical (unpaired) electrons. The van der Waals surface area contributed by atoms with Gasteiger partial charge in [0.15, 0.2) is 5.82 Å². The summed E-state index contributed by atoms with van der Waals surface area (Å²) in [5.41, 5.74) is 1.84. The van der Waals surface area contributed by atoms with Gasteiger partial charge in [-0.2, -0.15) is 0 Å². The van der Waals surface area contributed by atoms with Gasteiger partial charge in [0.25, 0.3) is 5.91 Å². The van der Waals surface area contributed by atoms with Gasteiger partial charge in [0, 0.05) is 18.7 Å². The van der Waals surface area contributed by atoms with E-state index in [1.807, 2.05) is 65.6 Å². The summed E-state index contributed by atoms with van der Waals surface area (Å²) in [7, 11) is 0. The summed E-state index contributed by atoms with van der Waals surface area (Å²) in [5, 5.41) is 4.55. The van der Waals surface area contributed by atoms with Gasteiger partial charge >= 0.3 is 0 Å². The summed E-state index contributed by atoms with van der Waals surface area (Å²) in [6.07, 6.45) is 3.29. The van der Waals surface area contributed by atoms with Gasteiger partial charge in [0.1, 0.15) is 0 Å². The molecular formula is C20H20N4O. The van der Waals surface area contributed by atoms with Crippen molar-refractivity contribution in [3.8, 4) is 17.1 Å². The lowest BCUT2D eigenvalue weighted by molar-refractivity contribution is 0.0712. The minimum Gasteiger partial charge on any atom is -0.336 e. The van der Waals surface area contributed by atoms with Crippen LogP contribution in [0.25, 0.3) is 17.1 Å². The molecule has 1 amide bonds. The third-order valence-electron chi connectivity index (χ3n) is 4.47. The standard InChI is InChI=1S/C20H20N4O/c25-20(23-14-8-3-9-15-23)18-21-19(16-10-4-1-5-11-16)24(22-18)17-12-6-2-7-13-17/h1-2,4-7,10-13H,3,8-9,14-15H2. The zero-order valence-corrected chi connectivity index (χ0v) is 14.0. The van der Waals surface area contributed by atoms with Crippen LogP contribution < -0.4 is 0 Å². The van der Waals surface area contributed by atoms with Crippen molar-refractivity contribution in [2.45, 2.75) is 19.3 Å². The van der Waals surface area contributed by atoms with Crippen molar-refractivity contribution in [1.82, 2.24) is 19.7 Å². The van der Waals surface area contributed by atoms with Crippen LogP contribution in [0.4, 0.5) is 0 Å². The zero-order chi connectivity index (χ0) is 17.1. The van der Waals surface area contributed by atoms with Crippen molar-refractivity contribution in [3.63, 3.8) is 0 Å². The molecular weight excluding hydrogens is 312 g/mol. The molecule has 0 aliphatic carbocycles. The summed E-state index contributed by atoms with van der Waals surface area (Å²) < 4.78 is 1.76. The van der Waals surface area contributed by atoms with Crippen LogP contribution in [-0.4, -0.2) is 38.7 Å². The van der Waals surface area contributed by atoms with Gasteiger partial charge in [-0.05, 0) is 31.4 Å². The zero-order valence-electron chi connectivity index (χ0n) is 14.0. The molecule has 1 fully saturated rings. The van der Waals surface area contributed by atoms with Crippen LogP contribution in [0.2, 0.25) is 0 Å². The predicted octanol–water partition coefficient (Wildman–Crippen LogP) is 3.56. The van der Waals surface area contributed by atoms with E-state index in [0.717, 1.165) is 37.2 Å². The molecule has 1 aliphatic rings. The molecule has 2 heterocycles. The van der Waals surface area contributed by atoms with Gasteiger partial charge in [-0.1, -0.05) is 48.5 Å². The lowest BCUT2D eigenvalue weighted by atomic mass is 10.1. The Balaban J connectivity index is 1.77. The number of amides is 1. The first-order chi connectivity index (χ1) is 12.3. The van der Waals surface area contributed by atoms with Gasteiger partial charge in [-0.25, -0.2) is 9.67 Å². The maximum atomic E-state index is 12.8. The van der Waals surface area contributed by atoms with Crippen LogP contribution in [0.1, 0.15) is 29.9 Å². The fraction of sp³-hybridized carbons (Fsp3) is 0.250. The Bertz CT molecular complexity index is 795. The van der Waals surface area contributed by atoms with Gasteiger partial charge in [-0.15, -0.1) is 5.10 Å². The molecule has 0 unspecified atom stereocenters. The normalized spacial score (nSPS) is 14.5. The first kappa shape index (κ1) is 15.6. The number of rotatable bonds is 3. The molecule has 2 aromatic carbocycles. The van der Waals surface area contributed by atoms with E-state index in [9.17, 15) is 4.79 Å². The van der Waals surface area contributed by atoms with Gasteiger partial charge in [-0.3, -0.25) is 4.79 Å². The minimum absolute atomic E-state index is 0.0773. The summed E-state index contributed by atoms with van der Waals surface area (Å²) >= 11 is 0. The molecule has 4 rings (SSSR count). The highest BCUT2D eigenvalue weighted by Crippen LogP contribution is 2.22. The van der Waals surface area contributed by atoms with Crippen molar-refractivity contribution in [3.05, 3.63) is 66.5 Å². The molecule has 1 aliphatic heterocycles. The van der Waals surface area contributed by atoms with Crippen molar-refractivity contribution < 1.29 is 4.79 Å². The van der Waals surface area contributed by atoms with E-state index in [-0.39, 0.29) is 11.7 Å². The SMILES string of the molecule is O=C(c1nc(-c2ccccc2)n(-c2ccccc2)n1)N1CCCCC1. The Morgan fingerprint density at radius 2 is 1.48 bits per heavy atom. The third kappa shape index (κ3) is 3.18. The van der Waals surface area contributed by atoms with E-state index in [1.165, 1.54) is 6.42 Å². The first-order valence-corrected chi connectivity index (χ1v) is 8.70. The first-order valence-electron chi connectivity index (χ1n) is 8.70. The van der Waals surface area contributed by atoms with E-state index in [2.05, 4.69) is 10.1 Å². The van der Waals surface area contributed by atoms with Crippen molar-refractivity contribution in [2.75, 3.05) is 13.1 Å². The lowest BCUT2D eigenvalue weighted by Crippen LogP contribution is -2.36. The Labute approximate surface area is 146 Å². The van der Waals surface area contributed by atoms with E-state index < -0.39 is 0 Å². The lowest BCUT2D eigenvalue weighted by Gasteiger charge is -2.25. The second-order valence-electron chi connectivity index (χ2n) is 6.23. The molecule has 5 nitrogen and oxygen atoms in total. The topological polar surface area (TPSA) is 51.0 Å². The van der Waals surface area contributed by atoms with Crippen LogP contribution in [0.5, 0.6) is 0 Å². The number of para-hydroxylation sites is 1. The van der Waals surface area contributed by atoms with E-state index in [1.54, 1.807) is 4.68 Å². The Morgan fingerprint density at radius 1 is 0.840 bits per heavy atom. The largest absolute Gasteiger partial charge is 0.336 e. The smallest absolute Gasteiger partial charge is 0.293 e. The number of piperidine rings is 1. The molecule has 0 atom stereocenters. The fourth-order valence-corrected chi connectivity index (χ4v) is 3.16. The molecule has 0 N–H and O–H groups in total. The Morgan fingerprint density at radius 3 is 2.16 bits per heavy atom. The molecule has 0 spiro atoms. The number of hydrogen-bond acceptors (Lipinski definition) is 3. The van der Waals surface area contributed by atoms with Crippen LogP contribution in [0.3, 0.4) is 0 Å². The number of carbonyl (C=O) groups is 1. The summed E-state index contributed by atoms with van der Waals surface area (Å²) in [5.74, 6) is 0.878.